The van der Waals surface area contributed by atoms with E-state index in [0.717, 1.165) is 55.3 Å². The number of hydrogen-bond donors (Lipinski definition) is 1. The molecule has 0 unspecified atom stereocenters. The van der Waals surface area contributed by atoms with Crippen LogP contribution < -0.4 is 14.0 Å². The van der Waals surface area contributed by atoms with Crippen molar-refractivity contribution in [1.82, 2.24) is 0 Å². The van der Waals surface area contributed by atoms with Crippen molar-refractivity contribution in [3.63, 3.8) is 0 Å². The van der Waals surface area contributed by atoms with Crippen molar-refractivity contribution in [1.29, 1.82) is 0 Å². The standard InChI is InChI=1S/C44H57O6P/c1-25-17-30-31-18-26(2)20-35(44(12,13)14)40(31)50-51(49-39(30)34(19-25)43(9,10)11)48-37-23-28(36(47-16)24-32(37)41(3,4)5)29-21-27(46-15)22-33(38(29)45)42(6,7)8/h17-24,45H,1-16H3. The molecule has 0 aliphatic heterocycles. The van der Waals surface area contributed by atoms with Crippen molar-refractivity contribution in [2.45, 2.75) is 119 Å². The van der Waals surface area contributed by atoms with E-state index in [1.807, 2.05) is 24.3 Å². The maximum absolute atomic E-state index is 11.8. The Morgan fingerprint density at radius 1 is 0.510 bits per heavy atom. The zero-order valence-electron chi connectivity index (χ0n) is 33.6. The highest BCUT2D eigenvalue weighted by molar-refractivity contribution is 7.32. The van der Waals surface area contributed by atoms with Crippen molar-refractivity contribution in [3.8, 4) is 34.1 Å². The number of benzene rings is 4. The second-order valence-electron chi connectivity index (χ2n) is 18.0. The van der Waals surface area contributed by atoms with E-state index in [9.17, 15) is 5.11 Å². The van der Waals surface area contributed by atoms with Gasteiger partial charge in [-0.1, -0.05) is 95.2 Å². The molecule has 4 aromatic carbocycles. The van der Waals surface area contributed by atoms with Crippen LogP contribution in [0.25, 0.3) is 33.1 Å². The molecule has 0 fully saturated rings. The lowest BCUT2D eigenvalue weighted by atomic mass is 9.82. The Morgan fingerprint density at radius 2 is 0.980 bits per heavy atom. The highest BCUT2D eigenvalue weighted by Crippen LogP contribution is 2.50. The Kier molecular flexibility index (Phi) is 9.88. The molecule has 0 aliphatic rings. The SMILES string of the molecule is COc1cc(-c2cc(Op3oc4c(C(C)(C)C)cc(C)cc4c4cc(C)cc(C(C)(C)C)c4o3)c(C(C)(C)C)cc2OC)c(O)c(C(C)(C)C)c1. The van der Waals surface area contributed by atoms with Crippen LogP contribution >= 0.6 is 8.24 Å². The lowest BCUT2D eigenvalue weighted by molar-refractivity contribution is 0.404. The normalized spacial score (nSPS) is 12.8. The van der Waals surface area contributed by atoms with Crippen LogP contribution in [-0.2, 0) is 21.7 Å². The molecule has 1 heterocycles. The van der Waals surface area contributed by atoms with Crippen LogP contribution in [0.4, 0.5) is 0 Å². The third-order valence-electron chi connectivity index (χ3n) is 9.40. The smallest absolute Gasteiger partial charge is 0.453 e. The van der Waals surface area contributed by atoms with Gasteiger partial charge in [-0.15, -0.1) is 0 Å². The average molecular weight is 713 g/mol. The van der Waals surface area contributed by atoms with Gasteiger partial charge in [-0.25, -0.2) is 0 Å². The maximum Gasteiger partial charge on any atom is 0.453 e. The number of ether oxygens (including phenoxy) is 2. The summed E-state index contributed by atoms with van der Waals surface area (Å²) in [6.07, 6.45) is 0. The van der Waals surface area contributed by atoms with Gasteiger partial charge in [-0.2, -0.15) is 0 Å². The summed E-state index contributed by atoms with van der Waals surface area (Å²) in [6, 6.07) is 16.5. The van der Waals surface area contributed by atoms with E-state index in [1.165, 1.54) is 0 Å². The van der Waals surface area contributed by atoms with Gasteiger partial charge in [0.15, 0.2) is 0 Å². The molecule has 0 saturated heterocycles. The van der Waals surface area contributed by atoms with Gasteiger partial charge in [-0.3, -0.25) is 0 Å². The highest BCUT2D eigenvalue weighted by Gasteiger charge is 2.30. The van der Waals surface area contributed by atoms with Crippen molar-refractivity contribution >= 4 is 30.2 Å². The fourth-order valence-electron chi connectivity index (χ4n) is 6.65. The molecule has 0 aliphatic carbocycles. The Labute approximate surface area is 305 Å². The summed E-state index contributed by atoms with van der Waals surface area (Å²) < 4.78 is 32.7. The molecule has 5 aromatic rings. The number of phenolic OH excluding ortho intramolecular Hbond substituents is 1. The summed E-state index contributed by atoms with van der Waals surface area (Å²) in [5.74, 6) is 2.00. The Morgan fingerprint density at radius 3 is 1.39 bits per heavy atom. The zero-order chi connectivity index (χ0) is 38.0. The summed E-state index contributed by atoms with van der Waals surface area (Å²) in [6.45, 7) is 30.1. The van der Waals surface area contributed by atoms with E-state index in [-0.39, 0.29) is 27.4 Å². The fourth-order valence-corrected chi connectivity index (χ4v) is 7.76. The van der Waals surface area contributed by atoms with Gasteiger partial charge < -0.3 is 27.5 Å². The van der Waals surface area contributed by atoms with Crippen LogP contribution in [0.1, 0.15) is 116 Å². The van der Waals surface area contributed by atoms with Crippen molar-refractivity contribution in [3.05, 3.63) is 81.9 Å². The van der Waals surface area contributed by atoms with Crippen LogP contribution in [0.5, 0.6) is 23.0 Å². The van der Waals surface area contributed by atoms with E-state index in [1.54, 1.807) is 14.2 Å². The Bertz CT molecular complexity index is 2080. The third-order valence-corrected chi connectivity index (χ3v) is 10.4. The highest BCUT2D eigenvalue weighted by atomic mass is 31.1. The maximum atomic E-state index is 11.8. The number of phenols is 1. The lowest BCUT2D eigenvalue weighted by Gasteiger charge is -2.26. The zero-order valence-corrected chi connectivity index (χ0v) is 34.4. The van der Waals surface area contributed by atoms with Crippen LogP contribution in [0.2, 0.25) is 0 Å². The van der Waals surface area contributed by atoms with E-state index >= 15 is 0 Å². The third kappa shape index (κ3) is 7.63. The Hall–Kier alpha value is -4.02. The first-order valence-electron chi connectivity index (χ1n) is 17.7. The van der Waals surface area contributed by atoms with Gasteiger partial charge in [0.25, 0.3) is 0 Å². The largest absolute Gasteiger partial charge is 0.507 e. The van der Waals surface area contributed by atoms with E-state index < -0.39 is 8.24 Å². The van der Waals surface area contributed by atoms with Gasteiger partial charge in [-0.05, 0) is 83.0 Å². The van der Waals surface area contributed by atoms with Crippen LogP contribution in [-0.4, -0.2) is 19.3 Å². The van der Waals surface area contributed by atoms with Crippen molar-refractivity contribution in [2.24, 2.45) is 0 Å². The molecule has 1 aromatic heterocycles. The topological polar surface area (TPSA) is 74.2 Å². The molecule has 5 rings (SSSR count). The first-order chi connectivity index (χ1) is 23.4. The molecule has 0 saturated carbocycles. The molecule has 0 radical (unpaired) electrons. The van der Waals surface area contributed by atoms with E-state index in [4.69, 9.17) is 22.4 Å². The molecule has 51 heavy (non-hydrogen) atoms. The molecule has 7 heteroatoms. The van der Waals surface area contributed by atoms with Gasteiger partial charge in [0.2, 0.25) is 0 Å². The summed E-state index contributed by atoms with van der Waals surface area (Å²) in [4.78, 5) is 0. The molecule has 0 amide bonds. The van der Waals surface area contributed by atoms with Crippen molar-refractivity contribution in [2.75, 3.05) is 14.2 Å². The molecule has 0 atom stereocenters. The van der Waals surface area contributed by atoms with Gasteiger partial charge in [0.05, 0.1) is 14.2 Å². The summed E-state index contributed by atoms with van der Waals surface area (Å²) in [7, 11) is 1.26. The summed E-state index contributed by atoms with van der Waals surface area (Å²) in [5, 5.41) is 13.8. The number of hydrogen-bond acceptors (Lipinski definition) is 6. The minimum Gasteiger partial charge on any atom is -0.507 e. The van der Waals surface area contributed by atoms with Gasteiger partial charge in [0.1, 0.15) is 34.2 Å². The number of rotatable bonds is 5. The first-order valence-corrected chi connectivity index (χ1v) is 18.8. The quantitative estimate of drug-likeness (QED) is 0.196. The van der Waals surface area contributed by atoms with Crippen molar-refractivity contribution < 1.29 is 27.5 Å². The Balaban J connectivity index is 1.93. The minimum atomic E-state index is -2.02. The average Bonchev–Trinajstić information content (AvgIpc) is 3.14. The predicted octanol–water partition coefficient (Wildman–Crippen LogP) is 13.3. The molecule has 274 valence electrons. The van der Waals surface area contributed by atoms with E-state index in [2.05, 4.69) is 121 Å². The molecule has 0 spiro atoms. The molecule has 0 bridgehead atoms. The molecule has 1 N–H and O–H groups in total. The lowest BCUT2D eigenvalue weighted by Crippen LogP contribution is -2.13. The summed E-state index contributed by atoms with van der Waals surface area (Å²) >= 11 is 0. The van der Waals surface area contributed by atoms with E-state index in [0.29, 0.717) is 28.4 Å². The van der Waals surface area contributed by atoms with Crippen LogP contribution in [0.3, 0.4) is 0 Å². The van der Waals surface area contributed by atoms with Gasteiger partial charge in [0, 0.05) is 44.2 Å². The molecule has 6 nitrogen and oxygen atoms in total. The number of methoxy groups -OCH3 is 2. The number of aryl methyl sites for hydroxylation is 2. The molecular formula is C44H57O6P. The van der Waals surface area contributed by atoms with Crippen LogP contribution in [0, 0.1) is 13.8 Å². The number of aromatic hydroxyl groups is 1. The number of fused-ring (bicyclic) bond motifs is 3. The summed E-state index contributed by atoms with van der Waals surface area (Å²) in [5.41, 5.74) is 7.87. The minimum absolute atomic E-state index is 0.168. The first kappa shape index (κ1) is 38.2. The second kappa shape index (κ2) is 13.2. The second-order valence-corrected chi connectivity index (χ2v) is 19.0. The monoisotopic (exact) mass is 712 g/mol. The molecular weight excluding hydrogens is 655 g/mol. The van der Waals surface area contributed by atoms with Gasteiger partial charge >= 0.3 is 8.24 Å². The fraction of sp³-hybridized carbons (Fsp3) is 0.455. The van der Waals surface area contributed by atoms with Crippen LogP contribution in [0.15, 0.2) is 56.9 Å². The predicted molar refractivity (Wildman–Crippen MR) is 213 cm³/mol.